The van der Waals surface area contributed by atoms with Crippen molar-refractivity contribution in [2.75, 3.05) is 19.6 Å². The van der Waals surface area contributed by atoms with Crippen molar-refractivity contribution >= 4 is 88.8 Å². The number of nitrogens with one attached hydrogen (secondary N) is 16. The highest BCUT2D eigenvalue weighted by Crippen LogP contribution is 2.12. The Kier molecular flexibility index (Phi) is 32.4. The number of carboxylic acids is 1. The van der Waals surface area contributed by atoms with Crippen molar-refractivity contribution in [3.8, 4) is 5.75 Å². The molecule has 0 aliphatic heterocycles. The zero-order chi connectivity index (χ0) is 64.7. The van der Waals surface area contributed by atoms with E-state index < -0.39 is 156 Å². The molecule has 474 valence electrons. The molecule has 28 N–H and O–H groups in total. The van der Waals surface area contributed by atoms with Crippen LogP contribution >= 0.6 is 0 Å². The summed E-state index contributed by atoms with van der Waals surface area (Å²) in [5.41, 5.74) is 28.1. The van der Waals surface area contributed by atoms with E-state index in [2.05, 4.69) is 69.1 Å². The number of aromatic hydroxyl groups is 1. The molecule has 35 nitrogen and oxygen atoms in total. The number of hydrogen-bond acceptors (Lipinski definition) is 17. The average molecular weight is 1200 g/mol. The molecule has 0 aliphatic carbocycles. The number of hydrogen-bond donors (Lipinski definition) is 23. The molecule has 0 aliphatic rings. The minimum absolute atomic E-state index is 0.0181. The summed E-state index contributed by atoms with van der Waals surface area (Å²) >= 11 is 0. The summed E-state index contributed by atoms with van der Waals surface area (Å²) in [6.45, 7) is 7.83. The molecule has 0 aromatic heterocycles. The predicted octanol–water partition coefficient (Wildman–Crippen LogP) is -7.63. The van der Waals surface area contributed by atoms with Gasteiger partial charge in [-0.25, -0.2) is 0 Å². The molecule has 1 aromatic carbocycles. The van der Waals surface area contributed by atoms with Gasteiger partial charge in [0.15, 0.2) is 17.9 Å². The van der Waals surface area contributed by atoms with Gasteiger partial charge in [-0.3, -0.25) is 73.8 Å². The Hall–Kier alpha value is -9.57. The highest BCUT2D eigenvalue weighted by atomic mass is 16.4. The first-order valence-corrected chi connectivity index (χ1v) is 27.0. The van der Waals surface area contributed by atoms with Gasteiger partial charge in [-0.1, -0.05) is 12.1 Å². The number of phenolic OH excluding ortho intramolecular Hbond substituents is 1. The van der Waals surface area contributed by atoms with Gasteiger partial charge < -0.3 is 108 Å². The smallest absolute Gasteiger partial charge is 0.325 e. The summed E-state index contributed by atoms with van der Waals surface area (Å²) in [5, 5.41) is 72.9. The van der Waals surface area contributed by atoms with Gasteiger partial charge >= 0.3 is 5.97 Å². The summed E-state index contributed by atoms with van der Waals surface area (Å²) < 4.78 is 0. The van der Waals surface area contributed by atoms with Gasteiger partial charge in [0.1, 0.15) is 66.2 Å². The lowest BCUT2D eigenvalue weighted by molar-refractivity contribution is -0.142. The van der Waals surface area contributed by atoms with E-state index in [1.807, 2.05) is 0 Å². The number of amides is 11. The van der Waals surface area contributed by atoms with E-state index >= 15 is 0 Å². The molecular formula is C50H85N21O14. The number of carboxylic acid groups (broad SMARTS) is 1. The van der Waals surface area contributed by atoms with Crippen LogP contribution in [-0.4, -0.2) is 185 Å². The van der Waals surface area contributed by atoms with Crippen molar-refractivity contribution in [1.82, 2.24) is 69.1 Å². The lowest BCUT2D eigenvalue weighted by atomic mass is 10.1. The van der Waals surface area contributed by atoms with E-state index in [0.717, 1.165) is 0 Å². The maximum absolute atomic E-state index is 13.9. The van der Waals surface area contributed by atoms with Crippen molar-refractivity contribution in [3.05, 3.63) is 29.8 Å². The molecule has 1 aromatic rings. The summed E-state index contributed by atoms with van der Waals surface area (Å²) in [5.74, 6) is -12.2. The fourth-order valence-corrected chi connectivity index (χ4v) is 7.42. The van der Waals surface area contributed by atoms with Crippen LogP contribution in [0.5, 0.6) is 5.75 Å². The first kappa shape index (κ1) is 73.4. The molecule has 0 radical (unpaired) electrons. The number of phenols is 1. The normalized spacial score (nSPS) is 14.6. The zero-order valence-corrected chi connectivity index (χ0v) is 48.3. The van der Waals surface area contributed by atoms with E-state index in [9.17, 15) is 67.7 Å². The van der Waals surface area contributed by atoms with Gasteiger partial charge in [0.25, 0.3) is 0 Å². The van der Waals surface area contributed by atoms with Crippen molar-refractivity contribution in [1.29, 1.82) is 16.2 Å². The first-order valence-electron chi connectivity index (χ1n) is 27.0. The Balaban J connectivity index is 3.15. The van der Waals surface area contributed by atoms with Gasteiger partial charge in [-0.2, -0.15) is 0 Å². The quantitative estimate of drug-likeness (QED) is 0.0166. The van der Waals surface area contributed by atoms with Crippen LogP contribution in [0.4, 0.5) is 0 Å². The third kappa shape index (κ3) is 29.8. The SMILES string of the molecule is C[C@H](NC(=O)[C@H](CCCNC(=N)N)NC(=O)[C@H](C)NC(=O)[C@H](CCC(N)=O)NC(=O)[C@H](CCCNC(=N)N)NC(=O)[C@H](C)NC(=O)[C@H](C)NC(=O)[C@H](C)NC(=O)[C@H](CCCNC(=N)N)NC(=O)[C@H](C)NC(=O)[C@@H](N)Cc1ccc(O)cc1)C(=O)O. The van der Waals surface area contributed by atoms with Crippen molar-refractivity contribution in [3.63, 3.8) is 0 Å². The predicted molar refractivity (Wildman–Crippen MR) is 307 cm³/mol. The van der Waals surface area contributed by atoms with Gasteiger partial charge in [0, 0.05) is 26.1 Å². The summed E-state index contributed by atoms with van der Waals surface area (Å²) in [4.78, 5) is 157. The molecule has 0 unspecified atom stereocenters. The summed E-state index contributed by atoms with van der Waals surface area (Å²) in [7, 11) is 0. The molecule has 85 heavy (non-hydrogen) atoms. The third-order valence-corrected chi connectivity index (χ3v) is 12.4. The largest absolute Gasteiger partial charge is 0.508 e. The van der Waals surface area contributed by atoms with E-state index in [0.29, 0.717) is 5.56 Å². The lowest BCUT2D eigenvalue weighted by Crippen LogP contribution is -2.59. The number of guanidine groups is 3. The Morgan fingerprint density at radius 1 is 0.412 bits per heavy atom. The van der Waals surface area contributed by atoms with E-state index in [4.69, 9.17) is 44.9 Å². The first-order chi connectivity index (χ1) is 39.7. The molecule has 11 atom stereocenters. The molecule has 0 heterocycles. The van der Waals surface area contributed by atoms with Gasteiger partial charge in [-0.15, -0.1) is 0 Å². The van der Waals surface area contributed by atoms with Crippen LogP contribution in [0, 0.1) is 16.2 Å². The fraction of sp³-hybridized carbons (Fsp3) is 0.580. The number of primary amides is 1. The summed E-state index contributed by atoms with van der Waals surface area (Å²) in [6, 6.07) is -8.81. The number of nitrogens with two attached hydrogens (primary N) is 5. The molecule has 0 saturated heterocycles. The van der Waals surface area contributed by atoms with Crippen LogP contribution in [0.3, 0.4) is 0 Å². The summed E-state index contributed by atoms with van der Waals surface area (Å²) in [6.07, 6.45) is -0.624. The topological polar surface area (TPSA) is 603 Å². The second kappa shape index (κ2) is 37.5. The molecule has 11 amide bonds. The zero-order valence-electron chi connectivity index (χ0n) is 48.3. The van der Waals surface area contributed by atoms with Crippen molar-refractivity contribution in [2.24, 2.45) is 28.7 Å². The molecular weight excluding hydrogens is 1120 g/mol. The monoisotopic (exact) mass is 1200 g/mol. The van der Waals surface area contributed by atoms with Crippen LogP contribution in [0.1, 0.15) is 98.5 Å². The highest BCUT2D eigenvalue weighted by Gasteiger charge is 2.33. The van der Waals surface area contributed by atoms with E-state index in [1.165, 1.54) is 53.7 Å². The highest BCUT2D eigenvalue weighted by molar-refractivity contribution is 5.99. The molecule has 0 saturated carbocycles. The van der Waals surface area contributed by atoms with Crippen molar-refractivity contribution in [2.45, 2.75) is 166 Å². The molecule has 0 fully saturated rings. The Bertz CT molecular complexity index is 2540. The minimum Gasteiger partial charge on any atom is -0.508 e. The second-order valence-electron chi connectivity index (χ2n) is 19.9. The van der Waals surface area contributed by atoms with Crippen LogP contribution < -0.4 is 97.8 Å². The number of rotatable bonds is 38. The standard InChI is InChI=1S/C50H85N21O14/c1-23(62-38(75)24(2)65-43(80)32(10-7-19-59-48(53)54)68-40(77)26(4)64-42(79)31(51)22-29-13-15-30(72)16-14-29)37(74)63-25(3)39(76)70-34(12-9-21-61-50(57)58)46(83)71-35(17-18-36(52)73)45(82)66-27(5)41(78)69-33(11-8-20-60-49(55)56)44(81)67-28(6)47(84)85/h13-16,23-28,31-35,72H,7-12,17-22,51H2,1-6H3,(H2,52,73)(H,62,75)(H,63,74)(H,64,79)(H,65,80)(H,66,82)(H,67,81)(H,68,77)(H,69,78)(H,70,76)(H,71,83)(H,84,85)(H4,53,54,59)(H4,55,56,60)(H4,57,58,61)/t23-,24-,25-,26-,27-,28-,31-,32-,33-,34-,35-/m0/s1. The van der Waals surface area contributed by atoms with Gasteiger partial charge in [-0.05, 0) is 111 Å². The number of benzene rings is 1. The number of carbonyl (C=O) groups excluding carboxylic acids is 11. The molecule has 0 bridgehead atoms. The van der Waals surface area contributed by atoms with Crippen LogP contribution in [-0.2, 0) is 64.0 Å². The third-order valence-electron chi connectivity index (χ3n) is 12.4. The second-order valence-corrected chi connectivity index (χ2v) is 19.9. The van der Waals surface area contributed by atoms with Gasteiger partial charge in [0.05, 0.1) is 6.04 Å². The number of aliphatic carboxylic acids is 1. The van der Waals surface area contributed by atoms with Crippen LogP contribution in [0.15, 0.2) is 24.3 Å². The fourth-order valence-electron chi connectivity index (χ4n) is 7.42. The van der Waals surface area contributed by atoms with Crippen molar-refractivity contribution < 1.29 is 67.7 Å². The molecule has 1 rings (SSSR count). The maximum Gasteiger partial charge on any atom is 0.325 e. The molecule has 0 spiro atoms. The average Bonchev–Trinajstić information content (AvgIpc) is 3.54. The van der Waals surface area contributed by atoms with Gasteiger partial charge in [0.2, 0.25) is 65.0 Å². The van der Waals surface area contributed by atoms with Crippen LogP contribution in [0.2, 0.25) is 0 Å². The van der Waals surface area contributed by atoms with E-state index in [1.54, 1.807) is 12.1 Å². The van der Waals surface area contributed by atoms with Crippen LogP contribution in [0.25, 0.3) is 0 Å². The molecule has 35 heteroatoms. The maximum atomic E-state index is 13.9. The Morgan fingerprint density at radius 3 is 1.00 bits per heavy atom. The lowest BCUT2D eigenvalue weighted by Gasteiger charge is -2.26. The van der Waals surface area contributed by atoms with E-state index in [-0.39, 0.29) is 82.2 Å². The Morgan fingerprint density at radius 2 is 0.682 bits per heavy atom. The minimum atomic E-state index is -1.58. The Labute approximate surface area is 490 Å². The number of carbonyl (C=O) groups is 12.